The summed E-state index contributed by atoms with van der Waals surface area (Å²) in [5.74, 6) is 0.736. The molecule has 0 aliphatic carbocycles. The summed E-state index contributed by atoms with van der Waals surface area (Å²) in [6, 6.07) is 0.919. The van der Waals surface area contributed by atoms with E-state index >= 15 is 0 Å². The smallest absolute Gasteiger partial charge is 0.0644 e. The Bertz CT molecular complexity index is 379. The van der Waals surface area contributed by atoms with Gasteiger partial charge in [0.05, 0.1) is 5.69 Å². The third kappa shape index (κ3) is 3.58. The molecule has 1 aromatic rings. The van der Waals surface area contributed by atoms with Crippen LogP contribution < -0.4 is 5.32 Å². The van der Waals surface area contributed by atoms with Gasteiger partial charge in [-0.3, -0.25) is 4.68 Å². The minimum Gasteiger partial charge on any atom is -0.308 e. The van der Waals surface area contributed by atoms with Gasteiger partial charge in [0.25, 0.3) is 0 Å². The second-order valence-electron chi connectivity index (χ2n) is 5.82. The van der Waals surface area contributed by atoms with Gasteiger partial charge in [-0.1, -0.05) is 13.8 Å². The van der Waals surface area contributed by atoms with Crippen molar-refractivity contribution in [2.24, 2.45) is 5.92 Å². The molecule has 0 amide bonds. The van der Waals surface area contributed by atoms with Gasteiger partial charge in [-0.05, 0) is 47.0 Å². The lowest BCUT2D eigenvalue weighted by Gasteiger charge is -2.22. The first-order valence-electron chi connectivity index (χ1n) is 7.16. The topological polar surface area (TPSA) is 29.9 Å². The van der Waals surface area contributed by atoms with Crippen molar-refractivity contribution in [2.45, 2.75) is 73.5 Å². The first-order valence-corrected chi connectivity index (χ1v) is 7.16. The van der Waals surface area contributed by atoms with Crippen LogP contribution in [0.15, 0.2) is 0 Å². The number of nitrogens with one attached hydrogen (secondary N) is 1. The molecule has 104 valence electrons. The Kier molecular flexibility index (Phi) is 5.39. The Hall–Kier alpha value is -0.830. The van der Waals surface area contributed by atoms with E-state index in [1.54, 1.807) is 0 Å². The van der Waals surface area contributed by atoms with Gasteiger partial charge in [0, 0.05) is 29.9 Å². The highest BCUT2D eigenvalue weighted by atomic mass is 15.3. The lowest BCUT2D eigenvalue weighted by atomic mass is 10.0. The molecule has 0 aliphatic rings. The molecule has 0 saturated carbocycles. The van der Waals surface area contributed by atoms with Crippen LogP contribution >= 0.6 is 0 Å². The standard InChI is InChI=1S/C15H29N3/c1-8-18-14(7)15(13(6)17-18)12(5)16-11(4)9-10(2)3/h10-12,16H,8-9H2,1-7H3. The fourth-order valence-corrected chi connectivity index (χ4v) is 2.93. The molecule has 1 aromatic heterocycles. The van der Waals surface area contributed by atoms with E-state index < -0.39 is 0 Å². The molecule has 1 N–H and O–H groups in total. The fraction of sp³-hybridized carbons (Fsp3) is 0.800. The molecule has 1 rings (SSSR count). The van der Waals surface area contributed by atoms with E-state index in [4.69, 9.17) is 0 Å². The van der Waals surface area contributed by atoms with E-state index in [1.165, 1.54) is 17.7 Å². The molecule has 0 spiro atoms. The van der Waals surface area contributed by atoms with Gasteiger partial charge in [-0.25, -0.2) is 0 Å². The maximum absolute atomic E-state index is 4.59. The van der Waals surface area contributed by atoms with Crippen LogP contribution in [0.2, 0.25) is 0 Å². The highest BCUT2D eigenvalue weighted by Gasteiger charge is 2.18. The third-order valence-corrected chi connectivity index (χ3v) is 3.53. The maximum atomic E-state index is 4.59. The summed E-state index contributed by atoms with van der Waals surface area (Å²) in [5.41, 5.74) is 3.82. The summed E-state index contributed by atoms with van der Waals surface area (Å²) in [5, 5.41) is 8.29. The Morgan fingerprint density at radius 3 is 2.22 bits per heavy atom. The predicted octanol–water partition coefficient (Wildman–Crippen LogP) is 3.61. The first-order chi connectivity index (χ1) is 8.36. The normalized spacial score (nSPS) is 15.1. The van der Waals surface area contributed by atoms with Crippen LogP contribution in [0, 0.1) is 19.8 Å². The fourth-order valence-electron chi connectivity index (χ4n) is 2.93. The van der Waals surface area contributed by atoms with Gasteiger partial charge in [-0.15, -0.1) is 0 Å². The summed E-state index contributed by atoms with van der Waals surface area (Å²) < 4.78 is 2.09. The van der Waals surface area contributed by atoms with E-state index in [1.807, 2.05) is 0 Å². The van der Waals surface area contributed by atoms with Crippen LogP contribution in [0.5, 0.6) is 0 Å². The molecule has 0 radical (unpaired) electrons. The summed E-state index contributed by atoms with van der Waals surface area (Å²) in [4.78, 5) is 0. The highest BCUT2D eigenvalue weighted by Crippen LogP contribution is 2.22. The van der Waals surface area contributed by atoms with Crippen molar-refractivity contribution in [1.82, 2.24) is 15.1 Å². The van der Waals surface area contributed by atoms with Gasteiger partial charge in [0.2, 0.25) is 0 Å². The molecular formula is C15H29N3. The van der Waals surface area contributed by atoms with Crippen molar-refractivity contribution >= 4 is 0 Å². The lowest BCUT2D eigenvalue weighted by molar-refractivity contribution is 0.405. The molecule has 0 aromatic carbocycles. The molecule has 2 atom stereocenters. The quantitative estimate of drug-likeness (QED) is 0.837. The molecule has 0 saturated heterocycles. The zero-order valence-corrected chi connectivity index (χ0v) is 13.0. The molecule has 18 heavy (non-hydrogen) atoms. The Balaban J connectivity index is 2.78. The van der Waals surface area contributed by atoms with Crippen LogP contribution in [0.3, 0.4) is 0 Å². The van der Waals surface area contributed by atoms with Crippen molar-refractivity contribution in [2.75, 3.05) is 0 Å². The Morgan fingerprint density at radius 1 is 1.17 bits per heavy atom. The summed E-state index contributed by atoms with van der Waals surface area (Å²) in [6.07, 6.45) is 1.21. The second-order valence-corrected chi connectivity index (χ2v) is 5.82. The first kappa shape index (κ1) is 15.2. The summed E-state index contributed by atoms with van der Waals surface area (Å²) in [7, 11) is 0. The van der Waals surface area contributed by atoms with Crippen molar-refractivity contribution in [3.8, 4) is 0 Å². The van der Waals surface area contributed by atoms with Crippen LogP contribution in [0.25, 0.3) is 0 Å². The molecule has 3 nitrogen and oxygen atoms in total. The maximum Gasteiger partial charge on any atom is 0.0644 e. The van der Waals surface area contributed by atoms with Crippen LogP contribution in [0.4, 0.5) is 0 Å². The average Bonchev–Trinajstić information content (AvgIpc) is 2.52. The molecule has 0 bridgehead atoms. The highest BCUT2D eigenvalue weighted by molar-refractivity contribution is 5.27. The van der Waals surface area contributed by atoms with Crippen LogP contribution in [0.1, 0.15) is 64.0 Å². The van der Waals surface area contributed by atoms with Gasteiger partial charge in [-0.2, -0.15) is 5.10 Å². The number of nitrogens with zero attached hydrogens (tertiary/aromatic N) is 2. The lowest BCUT2D eigenvalue weighted by Crippen LogP contribution is -2.30. The zero-order chi connectivity index (χ0) is 13.9. The summed E-state index contributed by atoms with van der Waals surface area (Å²) in [6.45, 7) is 16.4. The van der Waals surface area contributed by atoms with E-state index in [0.29, 0.717) is 12.1 Å². The minimum absolute atomic E-state index is 0.374. The van der Waals surface area contributed by atoms with Crippen molar-refractivity contribution in [3.05, 3.63) is 17.0 Å². The number of aromatic nitrogens is 2. The van der Waals surface area contributed by atoms with Gasteiger partial charge < -0.3 is 5.32 Å². The van der Waals surface area contributed by atoms with Crippen LogP contribution in [-0.4, -0.2) is 15.8 Å². The average molecular weight is 251 g/mol. The van der Waals surface area contributed by atoms with E-state index in [-0.39, 0.29) is 0 Å². The molecule has 0 fully saturated rings. The molecule has 3 heteroatoms. The SMILES string of the molecule is CCn1nc(C)c(C(C)NC(C)CC(C)C)c1C. The van der Waals surface area contributed by atoms with Crippen molar-refractivity contribution in [3.63, 3.8) is 0 Å². The van der Waals surface area contributed by atoms with Crippen molar-refractivity contribution < 1.29 is 0 Å². The third-order valence-electron chi connectivity index (χ3n) is 3.53. The van der Waals surface area contributed by atoms with E-state index in [2.05, 4.69) is 63.6 Å². The molecular weight excluding hydrogens is 222 g/mol. The second kappa shape index (κ2) is 6.37. The van der Waals surface area contributed by atoms with Crippen molar-refractivity contribution in [1.29, 1.82) is 0 Å². The number of rotatable bonds is 6. The molecule has 2 unspecified atom stereocenters. The number of hydrogen-bond acceptors (Lipinski definition) is 2. The monoisotopic (exact) mass is 251 g/mol. The van der Waals surface area contributed by atoms with Gasteiger partial charge in [0.1, 0.15) is 0 Å². The minimum atomic E-state index is 0.374. The van der Waals surface area contributed by atoms with Gasteiger partial charge in [0.15, 0.2) is 0 Å². The summed E-state index contributed by atoms with van der Waals surface area (Å²) >= 11 is 0. The molecule has 0 aliphatic heterocycles. The van der Waals surface area contributed by atoms with Crippen LogP contribution in [-0.2, 0) is 6.54 Å². The Morgan fingerprint density at radius 2 is 1.78 bits per heavy atom. The largest absolute Gasteiger partial charge is 0.308 e. The molecule has 1 heterocycles. The Labute approximate surface area is 112 Å². The number of aryl methyl sites for hydroxylation is 2. The van der Waals surface area contributed by atoms with Gasteiger partial charge >= 0.3 is 0 Å². The zero-order valence-electron chi connectivity index (χ0n) is 13.0. The predicted molar refractivity (Wildman–Crippen MR) is 77.8 cm³/mol. The van der Waals surface area contributed by atoms with E-state index in [0.717, 1.165) is 18.2 Å². The number of hydrogen-bond donors (Lipinski definition) is 1. The van der Waals surface area contributed by atoms with E-state index in [9.17, 15) is 0 Å².